The summed E-state index contributed by atoms with van der Waals surface area (Å²) >= 11 is 1.32. The third-order valence-electron chi connectivity index (χ3n) is 2.79. The quantitative estimate of drug-likeness (QED) is 0.854. The van der Waals surface area contributed by atoms with Gasteiger partial charge in [-0.15, -0.1) is 11.8 Å². The van der Waals surface area contributed by atoms with Crippen molar-refractivity contribution >= 4 is 11.8 Å². The maximum Gasteiger partial charge on any atom is 0.139 e. The molecule has 0 saturated carbocycles. The number of thioether (sulfide) groups is 1. The van der Waals surface area contributed by atoms with E-state index in [1.165, 1.54) is 23.9 Å². The number of halogens is 2. The smallest absolute Gasteiger partial charge is 0.139 e. The first-order valence-electron chi connectivity index (χ1n) is 5.98. The largest absolute Gasteiger partial charge is 0.329 e. The van der Waals surface area contributed by atoms with Gasteiger partial charge in [0.1, 0.15) is 11.6 Å². The van der Waals surface area contributed by atoms with E-state index in [4.69, 9.17) is 5.73 Å². The van der Waals surface area contributed by atoms with Gasteiger partial charge in [0, 0.05) is 22.8 Å². The molecule has 2 N–H and O–H groups in total. The van der Waals surface area contributed by atoms with Crippen LogP contribution >= 0.6 is 11.8 Å². The summed E-state index contributed by atoms with van der Waals surface area (Å²) in [5.41, 5.74) is 7.95. The van der Waals surface area contributed by atoms with Gasteiger partial charge in [0.15, 0.2) is 0 Å². The first-order chi connectivity index (χ1) is 9.10. The van der Waals surface area contributed by atoms with Gasteiger partial charge in [-0.1, -0.05) is 29.8 Å². The average molecular weight is 279 g/mol. The van der Waals surface area contributed by atoms with Gasteiger partial charge < -0.3 is 5.73 Å². The number of rotatable bonds is 4. The molecule has 1 unspecified atom stereocenters. The lowest BCUT2D eigenvalue weighted by Crippen LogP contribution is -2.09. The highest BCUT2D eigenvalue weighted by atomic mass is 32.2. The van der Waals surface area contributed by atoms with Crippen LogP contribution in [0.15, 0.2) is 47.4 Å². The molecule has 0 saturated heterocycles. The minimum Gasteiger partial charge on any atom is -0.329 e. The van der Waals surface area contributed by atoms with Gasteiger partial charge in [0.25, 0.3) is 0 Å². The molecule has 0 radical (unpaired) electrons. The molecule has 1 nitrogen and oxygen atoms in total. The van der Waals surface area contributed by atoms with Crippen molar-refractivity contribution in [3.63, 3.8) is 0 Å². The van der Waals surface area contributed by atoms with Crippen molar-refractivity contribution in [2.24, 2.45) is 5.73 Å². The molecule has 2 aromatic rings. The first kappa shape index (κ1) is 14.0. The van der Waals surface area contributed by atoms with E-state index in [0.717, 1.165) is 17.2 Å². The maximum absolute atomic E-state index is 13.6. The van der Waals surface area contributed by atoms with Crippen molar-refractivity contribution < 1.29 is 8.78 Å². The van der Waals surface area contributed by atoms with Crippen LogP contribution in [0.5, 0.6) is 0 Å². The lowest BCUT2D eigenvalue weighted by Gasteiger charge is -2.16. The number of aryl methyl sites for hydroxylation is 1. The fraction of sp³-hybridized carbons (Fsp3) is 0.200. The normalized spacial score (nSPS) is 12.4. The van der Waals surface area contributed by atoms with Crippen LogP contribution in [-0.2, 0) is 0 Å². The summed E-state index contributed by atoms with van der Waals surface area (Å²) in [5, 5.41) is -0.0418. The highest BCUT2D eigenvalue weighted by Crippen LogP contribution is 2.36. The van der Waals surface area contributed by atoms with Gasteiger partial charge in [-0.2, -0.15) is 0 Å². The summed E-state index contributed by atoms with van der Waals surface area (Å²) in [6.07, 6.45) is 0. The second-order valence-electron chi connectivity index (χ2n) is 4.33. The summed E-state index contributed by atoms with van der Waals surface area (Å²) in [4.78, 5) is 0.415. The summed E-state index contributed by atoms with van der Waals surface area (Å²) in [7, 11) is 0. The van der Waals surface area contributed by atoms with Crippen molar-refractivity contribution in [1.29, 1.82) is 0 Å². The molecule has 0 spiro atoms. The standard InChI is InChI=1S/C15H15F2NS/c1-10-3-2-4-11(7-10)15(9-18)19-14-6-5-12(16)8-13(14)17/h2-8,15H,9,18H2,1H3. The van der Waals surface area contributed by atoms with Crippen LogP contribution < -0.4 is 5.73 Å². The van der Waals surface area contributed by atoms with Crippen LogP contribution in [0.2, 0.25) is 0 Å². The highest BCUT2D eigenvalue weighted by Gasteiger charge is 2.14. The summed E-state index contributed by atoms with van der Waals surface area (Å²) < 4.78 is 26.5. The maximum atomic E-state index is 13.6. The molecule has 1 atom stereocenters. The average Bonchev–Trinajstić information content (AvgIpc) is 2.38. The molecule has 0 aliphatic rings. The van der Waals surface area contributed by atoms with Crippen LogP contribution in [0.4, 0.5) is 8.78 Å². The van der Waals surface area contributed by atoms with E-state index in [1.54, 1.807) is 0 Å². The molecule has 0 aliphatic heterocycles. The van der Waals surface area contributed by atoms with E-state index < -0.39 is 11.6 Å². The number of nitrogens with two attached hydrogens (primary N) is 1. The number of hydrogen-bond donors (Lipinski definition) is 1. The molecule has 4 heteroatoms. The minimum absolute atomic E-state index is 0.0418. The van der Waals surface area contributed by atoms with Crippen LogP contribution in [0, 0.1) is 18.6 Å². The van der Waals surface area contributed by atoms with Crippen molar-refractivity contribution in [1.82, 2.24) is 0 Å². The number of benzene rings is 2. The second kappa shape index (κ2) is 6.17. The monoisotopic (exact) mass is 279 g/mol. The Kier molecular flexibility index (Phi) is 4.56. The van der Waals surface area contributed by atoms with Crippen molar-refractivity contribution in [3.05, 3.63) is 65.2 Å². The zero-order chi connectivity index (χ0) is 13.8. The van der Waals surface area contributed by atoms with Gasteiger partial charge in [-0.3, -0.25) is 0 Å². The molecule has 2 rings (SSSR count). The third kappa shape index (κ3) is 3.55. The van der Waals surface area contributed by atoms with E-state index in [2.05, 4.69) is 0 Å². The van der Waals surface area contributed by atoms with Crippen LogP contribution in [0.25, 0.3) is 0 Å². The second-order valence-corrected chi connectivity index (χ2v) is 5.58. The molecule has 0 bridgehead atoms. The summed E-state index contributed by atoms with van der Waals surface area (Å²) in [6, 6.07) is 11.6. The van der Waals surface area contributed by atoms with E-state index in [1.807, 2.05) is 31.2 Å². The van der Waals surface area contributed by atoms with Crippen LogP contribution in [0.1, 0.15) is 16.4 Å². The van der Waals surface area contributed by atoms with Gasteiger partial charge in [-0.25, -0.2) is 8.78 Å². The van der Waals surface area contributed by atoms with E-state index in [-0.39, 0.29) is 5.25 Å². The Bertz CT molecular complexity index is 572. The van der Waals surface area contributed by atoms with Crippen molar-refractivity contribution in [2.45, 2.75) is 17.1 Å². The van der Waals surface area contributed by atoms with E-state index in [9.17, 15) is 8.78 Å². The van der Waals surface area contributed by atoms with Gasteiger partial charge in [0.05, 0.1) is 0 Å². The SMILES string of the molecule is Cc1cccc(C(CN)Sc2ccc(F)cc2F)c1. The fourth-order valence-corrected chi connectivity index (χ4v) is 2.85. The minimum atomic E-state index is -0.568. The first-order valence-corrected chi connectivity index (χ1v) is 6.86. The van der Waals surface area contributed by atoms with Gasteiger partial charge >= 0.3 is 0 Å². The lowest BCUT2D eigenvalue weighted by atomic mass is 10.1. The third-order valence-corrected chi connectivity index (χ3v) is 4.13. The van der Waals surface area contributed by atoms with E-state index >= 15 is 0 Å². The van der Waals surface area contributed by atoms with Crippen LogP contribution in [0.3, 0.4) is 0 Å². The summed E-state index contributed by atoms with van der Waals surface area (Å²) in [5.74, 6) is -1.11. The van der Waals surface area contributed by atoms with Crippen molar-refractivity contribution in [3.8, 4) is 0 Å². The molecule has 0 aromatic heterocycles. The zero-order valence-electron chi connectivity index (χ0n) is 10.6. The lowest BCUT2D eigenvalue weighted by molar-refractivity contribution is 0.565. The summed E-state index contributed by atoms with van der Waals surface area (Å²) in [6.45, 7) is 2.39. The molecule has 0 aliphatic carbocycles. The predicted octanol–water partition coefficient (Wildman–Crippen LogP) is 4.07. The molecule has 0 amide bonds. The highest BCUT2D eigenvalue weighted by molar-refractivity contribution is 7.99. The molecular formula is C15H15F2NS. The molecular weight excluding hydrogens is 264 g/mol. The van der Waals surface area contributed by atoms with Crippen LogP contribution in [-0.4, -0.2) is 6.54 Å². The predicted molar refractivity (Wildman–Crippen MR) is 75.2 cm³/mol. The Morgan fingerprint density at radius 2 is 1.95 bits per heavy atom. The Morgan fingerprint density at radius 3 is 2.58 bits per heavy atom. The zero-order valence-corrected chi connectivity index (χ0v) is 11.4. The topological polar surface area (TPSA) is 26.0 Å². The molecule has 100 valence electrons. The van der Waals surface area contributed by atoms with Crippen molar-refractivity contribution in [2.75, 3.05) is 6.54 Å². The Labute approximate surface area is 115 Å². The Balaban J connectivity index is 2.24. The van der Waals surface area contributed by atoms with Gasteiger partial charge in [-0.05, 0) is 24.6 Å². The molecule has 2 aromatic carbocycles. The molecule has 0 fully saturated rings. The fourth-order valence-electron chi connectivity index (χ4n) is 1.85. The number of hydrogen-bond acceptors (Lipinski definition) is 2. The molecule has 19 heavy (non-hydrogen) atoms. The van der Waals surface area contributed by atoms with Gasteiger partial charge in [0.2, 0.25) is 0 Å². The Hall–Kier alpha value is -1.39. The molecule has 0 heterocycles. The Morgan fingerprint density at radius 1 is 1.16 bits per heavy atom. The van der Waals surface area contributed by atoms with E-state index in [0.29, 0.717) is 11.4 Å².